The Morgan fingerprint density at radius 2 is 1.89 bits per heavy atom. The van der Waals surface area contributed by atoms with E-state index >= 15 is 0 Å². The molecule has 4 nitrogen and oxygen atoms in total. The SMILES string of the molecule is CCOc1ccc(N(C)C(=O)CC(C)(C)CN)cc1. The molecule has 0 aliphatic rings. The Labute approximate surface area is 115 Å². The molecule has 0 bridgehead atoms. The van der Waals surface area contributed by atoms with Gasteiger partial charge in [0.1, 0.15) is 5.75 Å². The summed E-state index contributed by atoms with van der Waals surface area (Å²) in [5.74, 6) is 0.883. The molecule has 19 heavy (non-hydrogen) atoms. The third-order valence-electron chi connectivity index (χ3n) is 3.09. The summed E-state index contributed by atoms with van der Waals surface area (Å²) in [6.07, 6.45) is 0.438. The van der Waals surface area contributed by atoms with Crippen LogP contribution in [0.3, 0.4) is 0 Å². The quantitative estimate of drug-likeness (QED) is 0.858. The van der Waals surface area contributed by atoms with Gasteiger partial charge in [0.05, 0.1) is 6.61 Å². The van der Waals surface area contributed by atoms with E-state index in [0.717, 1.165) is 11.4 Å². The van der Waals surface area contributed by atoms with Crippen molar-refractivity contribution in [2.75, 3.05) is 25.1 Å². The number of hydrogen-bond donors (Lipinski definition) is 1. The molecular weight excluding hydrogens is 240 g/mol. The van der Waals surface area contributed by atoms with E-state index < -0.39 is 0 Å². The van der Waals surface area contributed by atoms with Gasteiger partial charge >= 0.3 is 0 Å². The predicted molar refractivity (Wildman–Crippen MR) is 78.5 cm³/mol. The molecular formula is C15H24N2O2. The average Bonchev–Trinajstić information content (AvgIpc) is 2.38. The summed E-state index contributed by atoms with van der Waals surface area (Å²) < 4.78 is 5.38. The van der Waals surface area contributed by atoms with Gasteiger partial charge in [-0.05, 0) is 43.1 Å². The topological polar surface area (TPSA) is 55.6 Å². The second kappa shape index (κ2) is 6.57. The Morgan fingerprint density at radius 1 is 1.32 bits per heavy atom. The number of anilines is 1. The summed E-state index contributed by atoms with van der Waals surface area (Å²) in [5, 5.41) is 0. The van der Waals surface area contributed by atoms with Crippen molar-refractivity contribution in [3.05, 3.63) is 24.3 Å². The van der Waals surface area contributed by atoms with Gasteiger partial charge in [0, 0.05) is 19.2 Å². The number of rotatable bonds is 6. The highest BCUT2D eigenvalue weighted by Crippen LogP contribution is 2.23. The zero-order chi connectivity index (χ0) is 14.5. The Balaban J connectivity index is 2.71. The number of carbonyl (C=O) groups is 1. The van der Waals surface area contributed by atoms with Crippen LogP contribution in [0.1, 0.15) is 27.2 Å². The molecule has 0 saturated carbocycles. The maximum Gasteiger partial charge on any atom is 0.227 e. The van der Waals surface area contributed by atoms with Crippen LogP contribution in [0.5, 0.6) is 5.75 Å². The summed E-state index contributed by atoms with van der Waals surface area (Å²) >= 11 is 0. The summed E-state index contributed by atoms with van der Waals surface area (Å²) in [5.41, 5.74) is 6.35. The lowest BCUT2D eigenvalue weighted by molar-refractivity contribution is -0.120. The fourth-order valence-electron chi connectivity index (χ4n) is 1.68. The molecule has 0 fully saturated rings. The van der Waals surface area contributed by atoms with E-state index in [-0.39, 0.29) is 11.3 Å². The smallest absolute Gasteiger partial charge is 0.227 e. The van der Waals surface area contributed by atoms with E-state index in [4.69, 9.17) is 10.5 Å². The van der Waals surface area contributed by atoms with Crippen molar-refractivity contribution >= 4 is 11.6 Å². The molecule has 0 unspecified atom stereocenters. The molecule has 0 radical (unpaired) electrons. The van der Waals surface area contributed by atoms with Crippen LogP contribution in [-0.2, 0) is 4.79 Å². The molecule has 1 amide bonds. The maximum atomic E-state index is 12.2. The molecule has 1 aromatic rings. The van der Waals surface area contributed by atoms with Gasteiger partial charge in [-0.3, -0.25) is 4.79 Å². The largest absolute Gasteiger partial charge is 0.494 e. The van der Waals surface area contributed by atoms with Gasteiger partial charge < -0.3 is 15.4 Å². The normalized spacial score (nSPS) is 11.2. The van der Waals surface area contributed by atoms with Crippen molar-refractivity contribution in [3.63, 3.8) is 0 Å². The zero-order valence-corrected chi connectivity index (χ0v) is 12.3. The van der Waals surface area contributed by atoms with Crippen LogP contribution in [0.25, 0.3) is 0 Å². The van der Waals surface area contributed by atoms with Crippen LogP contribution < -0.4 is 15.4 Å². The van der Waals surface area contributed by atoms with Crippen LogP contribution in [0.2, 0.25) is 0 Å². The molecule has 4 heteroatoms. The molecule has 1 aromatic carbocycles. The number of carbonyl (C=O) groups excluding carboxylic acids is 1. The van der Waals surface area contributed by atoms with Gasteiger partial charge in [0.15, 0.2) is 0 Å². The summed E-state index contributed by atoms with van der Waals surface area (Å²) in [7, 11) is 1.78. The first kappa shape index (κ1) is 15.5. The van der Waals surface area contributed by atoms with Gasteiger partial charge in [-0.1, -0.05) is 13.8 Å². The van der Waals surface area contributed by atoms with E-state index in [1.54, 1.807) is 11.9 Å². The molecule has 0 aromatic heterocycles. The number of ether oxygens (including phenoxy) is 1. The van der Waals surface area contributed by atoms with Crippen molar-refractivity contribution in [1.29, 1.82) is 0 Å². The van der Waals surface area contributed by atoms with Gasteiger partial charge in [-0.15, -0.1) is 0 Å². The van der Waals surface area contributed by atoms with Crippen LogP contribution in [0.15, 0.2) is 24.3 Å². The molecule has 0 heterocycles. The highest BCUT2D eigenvalue weighted by molar-refractivity contribution is 5.93. The first-order valence-corrected chi connectivity index (χ1v) is 6.59. The van der Waals surface area contributed by atoms with Gasteiger partial charge in [0.25, 0.3) is 0 Å². The summed E-state index contributed by atoms with van der Waals surface area (Å²) in [4.78, 5) is 13.8. The van der Waals surface area contributed by atoms with Gasteiger partial charge in [-0.25, -0.2) is 0 Å². The number of hydrogen-bond acceptors (Lipinski definition) is 3. The minimum atomic E-state index is -0.170. The Kier molecular flexibility index (Phi) is 5.36. The van der Waals surface area contributed by atoms with E-state index in [1.165, 1.54) is 0 Å². The van der Waals surface area contributed by atoms with Crippen molar-refractivity contribution < 1.29 is 9.53 Å². The van der Waals surface area contributed by atoms with Crippen molar-refractivity contribution in [3.8, 4) is 5.75 Å². The lowest BCUT2D eigenvalue weighted by atomic mass is 9.89. The monoisotopic (exact) mass is 264 g/mol. The van der Waals surface area contributed by atoms with Gasteiger partial charge in [0.2, 0.25) is 5.91 Å². The van der Waals surface area contributed by atoms with Crippen molar-refractivity contribution in [2.24, 2.45) is 11.1 Å². The molecule has 0 aliphatic carbocycles. The molecule has 106 valence electrons. The molecule has 0 saturated heterocycles. The maximum absolute atomic E-state index is 12.2. The minimum Gasteiger partial charge on any atom is -0.494 e. The second-order valence-corrected chi connectivity index (χ2v) is 5.42. The molecule has 0 atom stereocenters. The van der Waals surface area contributed by atoms with E-state index in [2.05, 4.69) is 0 Å². The lowest BCUT2D eigenvalue weighted by Gasteiger charge is -2.25. The highest BCUT2D eigenvalue weighted by Gasteiger charge is 2.23. The molecule has 0 aliphatic heterocycles. The number of nitrogens with two attached hydrogens (primary N) is 1. The van der Waals surface area contributed by atoms with Crippen LogP contribution in [0, 0.1) is 5.41 Å². The number of nitrogens with zero attached hydrogens (tertiary/aromatic N) is 1. The highest BCUT2D eigenvalue weighted by atomic mass is 16.5. The summed E-state index contributed by atoms with van der Waals surface area (Å²) in [6, 6.07) is 7.52. The zero-order valence-electron chi connectivity index (χ0n) is 12.3. The van der Waals surface area contributed by atoms with Crippen LogP contribution >= 0.6 is 0 Å². The summed E-state index contributed by atoms with van der Waals surface area (Å²) in [6.45, 7) is 7.07. The Morgan fingerprint density at radius 3 is 2.37 bits per heavy atom. The predicted octanol–water partition coefficient (Wildman–Crippen LogP) is 2.42. The average molecular weight is 264 g/mol. The van der Waals surface area contributed by atoms with E-state index in [9.17, 15) is 4.79 Å². The molecule has 2 N–H and O–H groups in total. The van der Waals surface area contributed by atoms with Crippen molar-refractivity contribution in [2.45, 2.75) is 27.2 Å². The minimum absolute atomic E-state index is 0.0691. The standard InChI is InChI=1S/C15H24N2O2/c1-5-19-13-8-6-12(7-9-13)17(4)14(18)10-15(2,3)11-16/h6-9H,5,10-11,16H2,1-4H3. The van der Waals surface area contributed by atoms with Gasteiger partial charge in [-0.2, -0.15) is 0 Å². The van der Waals surface area contributed by atoms with Crippen LogP contribution in [-0.4, -0.2) is 26.1 Å². The third-order valence-corrected chi connectivity index (χ3v) is 3.09. The Bertz CT molecular complexity index is 413. The third kappa shape index (κ3) is 4.56. The second-order valence-electron chi connectivity index (χ2n) is 5.42. The van der Waals surface area contributed by atoms with E-state index in [0.29, 0.717) is 19.6 Å². The van der Waals surface area contributed by atoms with E-state index in [1.807, 2.05) is 45.0 Å². The first-order valence-electron chi connectivity index (χ1n) is 6.59. The molecule has 1 rings (SSSR count). The fourth-order valence-corrected chi connectivity index (χ4v) is 1.68. The lowest BCUT2D eigenvalue weighted by Crippen LogP contribution is -2.34. The fraction of sp³-hybridized carbons (Fsp3) is 0.533. The van der Waals surface area contributed by atoms with Crippen molar-refractivity contribution in [1.82, 2.24) is 0 Å². The first-order chi connectivity index (χ1) is 8.89. The van der Waals surface area contributed by atoms with Crippen LogP contribution in [0.4, 0.5) is 5.69 Å². The molecule has 0 spiro atoms. The number of benzene rings is 1. The number of amides is 1. The Hall–Kier alpha value is -1.55.